The summed E-state index contributed by atoms with van der Waals surface area (Å²) in [6, 6.07) is -1.40. The highest BCUT2D eigenvalue weighted by atomic mass is 19.4. The Morgan fingerprint density at radius 1 is 1.13 bits per heavy atom. The lowest BCUT2D eigenvalue weighted by Gasteiger charge is -2.38. The smallest absolute Gasteiger partial charge is 0.356 e. The molecule has 3 rings (SSSR count). The van der Waals surface area contributed by atoms with E-state index in [1.54, 1.807) is 6.92 Å². The average Bonchev–Trinajstić information content (AvgIpc) is 3.38. The van der Waals surface area contributed by atoms with Crippen molar-refractivity contribution in [2.75, 3.05) is 13.1 Å². The number of hydrogen-bond donors (Lipinski definition) is 3. The molecule has 0 bridgehead atoms. The predicted octanol–water partition coefficient (Wildman–Crippen LogP) is 2.98. The summed E-state index contributed by atoms with van der Waals surface area (Å²) in [5.74, 6) is -6.50. The van der Waals surface area contributed by atoms with Gasteiger partial charge in [-0.05, 0) is 61.5 Å². The number of Topliss-reactive ketones (excluding diaryl/α,β-unsaturated/α-hetero) is 2. The molecule has 0 aliphatic carbocycles. The van der Waals surface area contributed by atoms with E-state index in [1.165, 1.54) is 45.3 Å². The Balaban J connectivity index is 1.99. The maximum absolute atomic E-state index is 14.2. The van der Waals surface area contributed by atoms with Gasteiger partial charge in [0.05, 0.1) is 6.04 Å². The molecule has 0 radical (unpaired) electrons. The molecule has 46 heavy (non-hydrogen) atoms. The second-order valence-corrected chi connectivity index (χ2v) is 14.0. The highest BCUT2D eigenvalue weighted by molar-refractivity contribution is 6.45. The molecule has 14 heteroatoms. The van der Waals surface area contributed by atoms with Gasteiger partial charge in [0.15, 0.2) is 0 Å². The van der Waals surface area contributed by atoms with E-state index < -0.39 is 70.3 Å². The van der Waals surface area contributed by atoms with Crippen LogP contribution in [-0.2, 0) is 24.0 Å². The number of pyridine rings is 1. The zero-order valence-electron chi connectivity index (χ0n) is 27.1. The number of rotatable bonds is 11. The van der Waals surface area contributed by atoms with Gasteiger partial charge in [0.25, 0.3) is 0 Å². The Morgan fingerprint density at radius 2 is 1.80 bits per heavy atom. The molecule has 2 saturated heterocycles. The summed E-state index contributed by atoms with van der Waals surface area (Å²) in [4.78, 5) is 84.9. The highest BCUT2D eigenvalue weighted by Gasteiger charge is 2.50. The van der Waals surface area contributed by atoms with Crippen LogP contribution < -0.4 is 16.0 Å². The molecule has 3 heterocycles. The largest absolute Gasteiger partial charge is 0.471 e. The van der Waals surface area contributed by atoms with E-state index in [2.05, 4.69) is 15.6 Å². The van der Waals surface area contributed by atoms with Crippen molar-refractivity contribution in [3.8, 4) is 0 Å². The Hall–Kier alpha value is -3.84. The molecule has 0 saturated carbocycles. The van der Waals surface area contributed by atoms with Crippen LogP contribution in [0.25, 0.3) is 0 Å². The molecule has 1 aromatic heterocycles. The molecule has 5 atom stereocenters. The Labute approximate surface area is 266 Å². The fourth-order valence-electron chi connectivity index (χ4n) is 6.26. The van der Waals surface area contributed by atoms with E-state index in [1.807, 2.05) is 19.2 Å². The van der Waals surface area contributed by atoms with Gasteiger partial charge in [0, 0.05) is 36.5 Å². The number of ketones is 2. The van der Waals surface area contributed by atoms with Crippen molar-refractivity contribution in [3.05, 3.63) is 30.1 Å². The van der Waals surface area contributed by atoms with Crippen molar-refractivity contribution < 1.29 is 41.9 Å². The van der Waals surface area contributed by atoms with Crippen molar-refractivity contribution in [1.29, 1.82) is 0 Å². The number of hydrogen-bond acceptors (Lipinski definition) is 7. The standard InChI is InChI=1S/C32H44F3N5O6/c1-18(2)15-19-10-14-40(27(44)25(30(3,4)5)39-29(46)32(33,34)35)22(19)26(43)38-21(16-31(6)11-8-13-37-28(31)45)24(42)23(41)20-9-7-12-36-17-20/h7,9,12,17-19,21-22,25H,8,10-11,13-16H2,1-6H3,(H,37,45)(H,38,43)(H,39,46)/t19-,21?,22+,25-,31+/m1/s1. The summed E-state index contributed by atoms with van der Waals surface area (Å²) < 4.78 is 39.6. The van der Waals surface area contributed by atoms with Gasteiger partial charge in [-0.15, -0.1) is 0 Å². The first-order valence-corrected chi connectivity index (χ1v) is 15.5. The lowest BCUT2D eigenvalue weighted by atomic mass is 9.75. The van der Waals surface area contributed by atoms with E-state index >= 15 is 0 Å². The van der Waals surface area contributed by atoms with Crippen molar-refractivity contribution in [2.24, 2.45) is 22.7 Å². The van der Waals surface area contributed by atoms with Gasteiger partial charge >= 0.3 is 12.1 Å². The average molecular weight is 652 g/mol. The quantitative estimate of drug-likeness (QED) is 0.246. The minimum absolute atomic E-state index is 0.00576. The van der Waals surface area contributed by atoms with Gasteiger partial charge < -0.3 is 20.9 Å². The van der Waals surface area contributed by atoms with E-state index in [0.29, 0.717) is 32.2 Å². The first-order valence-electron chi connectivity index (χ1n) is 15.5. The van der Waals surface area contributed by atoms with Crippen LogP contribution in [0.5, 0.6) is 0 Å². The van der Waals surface area contributed by atoms with Crippen LogP contribution in [0.1, 0.15) is 84.0 Å². The van der Waals surface area contributed by atoms with Crippen LogP contribution >= 0.6 is 0 Å². The topological polar surface area (TPSA) is 155 Å². The number of nitrogens with zero attached hydrogens (tertiary/aromatic N) is 2. The minimum atomic E-state index is -5.23. The Morgan fingerprint density at radius 3 is 2.35 bits per heavy atom. The monoisotopic (exact) mass is 651 g/mol. The number of nitrogens with one attached hydrogen (secondary N) is 3. The van der Waals surface area contributed by atoms with Crippen LogP contribution in [0.15, 0.2) is 24.5 Å². The van der Waals surface area contributed by atoms with E-state index in [-0.39, 0.29) is 30.4 Å². The summed E-state index contributed by atoms with van der Waals surface area (Å²) in [6.07, 6.45) is -0.951. The van der Waals surface area contributed by atoms with E-state index in [0.717, 1.165) is 4.90 Å². The number of alkyl halides is 3. The van der Waals surface area contributed by atoms with Crippen LogP contribution in [0.2, 0.25) is 0 Å². The number of piperidine rings is 1. The maximum atomic E-state index is 14.2. The molecular formula is C32H44F3N5O6. The van der Waals surface area contributed by atoms with Crippen molar-refractivity contribution in [2.45, 2.75) is 97.9 Å². The molecule has 2 aliphatic rings. The number of halogens is 3. The van der Waals surface area contributed by atoms with Crippen molar-refractivity contribution in [1.82, 2.24) is 25.8 Å². The normalized spacial score (nSPS) is 23.3. The van der Waals surface area contributed by atoms with Gasteiger partial charge in [-0.25, -0.2) is 0 Å². The first-order chi connectivity index (χ1) is 21.3. The van der Waals surface area contributed by atoms with Gasteiger partial charge in [-0.2, -0.15) is 13.2 Å². The summed E-state index contributed by atoms with van der Waals surface area (Å²) in [7, 11) is 0. The predicted molar refractivity (Wildman–Crippen MR) is 161 cm³/mol. The van der Waals surface area contributed by atoms with Gasteiger partial charge in [-0.1, -0.05) is 41.5 Å². The lowest BCUT2D eigenvalue weighted by molar-refractivity contribution is -0.176. The molecule has 4 amide bonds. The number of carbonyl (C=O) groups is 6. The summed E-state index contributed by atoms with van der Waals surface area (Å²) in [5.41, 5.74) is -2.26. The van der Waals surface area contributed by atoms with Gasteiger partial charge in [0.1, 0.15) is 12.1 Å². The Bertz CT molecular complexity index is 1330. The highest BCUT2D eigenvalue weighted by Crippen LogP contribution is 2.35. The van der Waals surface area contributed by atoms with Crippen LogP contribution in [-0.4, -0.2) is 82.5 Å². The number of aromatic nitrogens is 1. The Kier molecular flexibility index (Phi) is 11.4. The second-order valence-electron chi connectivity index (χ2n) is 14.0. The van der Waals surface area contributed by atoms with E-state index in [4.69, 9.17) is 0 Å². The zero-order chi connectivity index (χ0) is 34.6. The van der Waals surface area contributed by atoms with Crippen LogP contribution in [0.4, 0.5) is 13.2 Å². The minimum Gasteiger partial charge on any atom is -0.356 e. The molecule has 2 aliphatic heterocycles. The third-order valence-electron chi connectivity index (χ3n) is 8.67. The number of likely N-dealkylation sites (tertiary alicyclic amines) is 1. The fourth-order valence-corrected chi connectivity index (χ4v) is 6.26. The molecule has 2 fully saturated rings. The van der Waals surface area contributed by atoms with Gasteiger partial charge in [0.2, 0.25) is 29.3 Å². The second kappa shape index (κ2) is 14.3. The first kappa shape index (κ1) is 36.6. The summed E-state index contributed by atoms with van der Waals surface area (Å²) in [6.45, 7) is 10.4. The maximum Gasteiger partial charge on any atom is 0.471 e. The molecule has 254 valence electrons. The molecule has 3 N–H and O–H groups in total. The van der Waals surface area contributed by atoms with Crippen LogP contribution in [0, 0.1) is 22.7 Å². The van der Waals surface area contributed by atoms with Crippen molar-refractivity contribution >= 4 is 35.2 Å². The van der Waals surface area contributed by atoms with Gasteiger partial charge in [-0.3, -0.25) is 33.8 Å². The van der Waals surface area contributed by atoms with E-state index in [9.17, 15) is 41.9 Å². The molecule has 1 unspecified atom stereocenters. The third-order valence-corrected chi connectivity index (χ3v) is 8.67. The molecule has 0 spiro atoms. The lowest BCUT2D eigenvalue weighted by Crippen LogP contribution is -2.61. The third kappa shape index (κ3) is 8.69. The summed E-state index contributed by atoms with van der Waals surface area (Å²) >= 11 is 0. The fraction of sp³-hybridized carbons (Fsp3) is 0.656. The molecule has 11 nitrogen and oxygen atoms in total. The zero-order valence-corrected chi connectivity index (χ0v) is 27.1. The molecule has 1 aromatic rings. The molecule has 0 aromatic carbocycles. The number of amides is 4. The molecular weight excluding hydrogens is 607 g/mol. The number of carbonyl (C=O) groups excluding carboxylic acids is 6. The summed E-state index contributed by atoms with van der Waals surface area (Å²) in [5, 5.41) is 7.24. The SMILES string of the molecule is CC(C)C[C@H]1CCN(C(=O)[C@@H](NC(=O)C(F)(F)F)C(C)(C)C)[C@@H]1C(=O)NC(C[C@]1(C)CCCNC1=O)C(=O)C(=O)c1cccnc1. The van der Waals surface area contributed by atoms with Crippen LogP contribution in [0.3, 0.4) is 0 Å². The van der Waals surface area contributed by atoms with Crippen molar-refractivity contribution in [3.63, 3.8) is 0 Å².